The number of primary amides is 1. The number of methoxy groups -OCH3 is 2. The minimum atomic E-state index is -0.794. The predicted molar refractivity (Wildman–Crippen MR) is 73.9 cm³/mol. The molecular weight excluding hydrogens is 276 g/mol. The fourth-order valence-corrected chi connectivity index (χ4v) is 2.74. The largest absolute Gasteiger partial charge is 0.496 e. The van der Waals surface area contributed by atoms with Crippen LogP contribution in [0.15, 0.2) is 12.1 Å². The first-order chi connectivity index (χ1) is 10.1. The van der Waals surface area contributed by atoms with Gasteiger partial charge in [-0.2, -0.15) is 5.06 Å². The van der Waals surface area contributed by atoms with E-state index >= 15 is 0 Å². The third kappa shape index (κ3) is 2.86. The van der Waals surface area contributed by atoms with E-state index in [-0.39, 0.29) is 12.5 Å². The molecule has 1 unspecified atom stereocenters. The Hall–Kier alpha value is -2.44. The topological polar surface area (TPSA) is 91.1 Å². The van der Waals surface area contributed by atoms with E-state index in [1.165, 1.54) is 0 Å². The molecule has 0 fully saturated rings. The van der Waals surface area contributed by atoms with Gasteiger partial charge in [0.1, 0.15) is 11.5 Å². The average Bonchev–Trinajstić information content (AvgIpc) is 2.50. The van der Waals surface area contributed by atoms with E-state index in [0.29, 0.717) is 25.0 Å². The van der Waals surface area contributed by atoms with Gasteiger partial charge < -0.3 is 20.0 Å². The van der Waals surface area contributed by atoms with Gasteiger partial charge in [0.15, 0.2) is 0 Å². The van der Waals surface area contributed by atoms with Crippen molar-refractivity contribution in [1.29, 1.82) is 0 Å². The van der Waals surface area contributed by atoms with Crippen molar-refractivity contribution in [2.75, 3.05) is 14.2 Å². The van der Waals surface area contributed by atoms with Crippen molar-refractivity contribution >= 4 is 12.5 Å². The molecule has 21 heavy (non-hydrogen) atoms. The molecule has 0 saturated heterocycles. The summed E-state index contributed by atoms with van der Waals surface area (Å²) >= 11 is 0. The highest BCUT2D eigenvalue weighted by Crippen LogP contribution is 2.37. The Bertz CT molecular complexity index is 546. The Labute approximate surface area is 122 Å². The number of carbonyl (C=O) groups is 2. The molecule has 7 nitrogen and oxygen atoms in total. The normalized spacial score (nSPS) is 16.6. The molecule has 1 aliphatic rings. The number of benzene rings is 1. The summed E-state index contributed by atoms with van der Waals surface area (Å²) in [6, 6.07) is 2.56. The second-order valence-corrected chi connectivity index (χ2v) is 4.69. The zero-order chi connectivity index (χ0) is 15.4. The van der Waals surface area contributed by atoms with Crippen LogP contribution >= 0.6 is 0 Å². The monoisotopic (exact) mass is 294 g/mol. The molecule has 1 aliphatic carbocycles. The van der Waals surface area contributed by atoms with E-state index in [9.17, 15) is 9.59 Å². The number of nitrogens with two attached hydrogens (primary N) is 1. The van der Waals surface area contributed by atoms with E-state index in [4.69, 9.17) is 20.0 Å². The number of amides is 2. The van der Waals surface area contributed by atoms with Crippen LogP contribution in [-0.4, -0.2) is 37.8 Å². The number of urea groups is 1. The molecule has 1 atom stereocenters. The summed E-state index contributed by atoms with van der Waals surface area (Å²) < 4.78 is 10.7. The number of nitrogens with zero attached hydrogens (tertiary/aromatic N) is 1. The Kier molecular flexibility index (Phi) is 4.52. The highest BCUT2D eigenvalue weighted by molar-refractivity contribution is 5.72. The molecule has 2 rings (SSSR count). The highest BCUT2D eigenvalue weighted by Gasteiger charge is 2.31. The molecule has 1 aromatic carbocycles. The molecule has 1 aromatic rings. The summed E-state index contributed by atoms with van der Waals surface area (Å²) in [7, 11) is 3.19. The zero-order valence-corrected chi connectivity index (χ0v) is 12.0. The summed E-state index contributed by atoms with van der Waals surface area (Å²) in [5, 5.41) is 0.912. The van der Waals surface area contributed by atoms with Crippen LogP contribution in [0.3, 0.4) is 0 Å². The maximum Gasteiger partial charge on any atom is 0.348 e. The van der Waals surface area contributed by atoms with Crippen LogP contribution in [0.2, 0.25) is 0 Å². The molecule has 114 valence electrons. The molecule has 0 heterocycles. The van der Waals surface area contributed by atoms with Gasteiger partial charge in [-0.3, -0.25) is 4.79 Å². The molecule has 2 amide bonds. The lowest BCUT2D eigenvalue weighted by Crippen LogP contribution is -2.46. The SMILES string of the molecule is COc1ccc(OC)c2c1CCC(N(OC=O)C(N)=O)C2. The summed E-state index contributed by atoms with van der Waals surface area (Å²) in [5.74, 6) is 1.50. The number of fused-ring (bicyclic) bond motifs is 1. The van der Waals surface area contributed by atoms with Crippen molar-refractivity contribution < 1.29 is 23.9 Å². The number of ether oxygens (including phenoxy) is 2. The molecular formula is C14H18N2O5. The van der Waals surface area contributed by atoms with Crippen molar-refractivity contribution in [1.82, 2.24) is 5.06 Å². The maximum atomic E-state index is 11.4. The second-order valence-electron chi connectivity index (χ2n) is 4.69. The zero-order valence-electron chi connectivity index (χ0n) is 12.0. The standard InChI is InChI=1S/C14H18N2O5/c1-19-12-5-6-13(20-2)11-7-9(3-4-10(11)12)16(14(15)18)21-8-17/h5-6,8-9H,3-4,7H2,1-2H3,(H2,15,18). The number of hydrogen-bond donors (Lipinski definition) is 1. The Morgan fingerprint density at radius 2 is 1.90 bits per heavy atom. The molecule has 7 heteroatoms. The van der Waals surface area contributed by atoms with E-state index in [2.05, 4.69) is 0 Å². The molecule has 0 aromatic heterocycles. The van der Waals surface area contributed by atoms with Gasteiger partial charge in [-0.05, 0) is 25.0 Å². The lowest BCUT2D eigenvalue weighted by Gasteiger charge is -2.32. The lowest BCUT2D eigenvalue weighted by atomic mass is 9.86. The average molecular weight is 294 g/mol. The van der Waals surface area contributed by atoms with E-state index in [1.807, 2.05) is 12.1 Å². The predicted octanol–water partition coefficient (Wildman–Crippen LogP) is 1.03. The fraction of sp³-hybridized carbons (Fsp3) is 0.429. The van der Waals surface area contributed by atoms with Crippen molar-refractivity contribution in [3.63, 3.8) is 0 Å². The molecule has 0 radical (unpaired) electrons. The quantitative estimate of drug-likeness (QED) is 0.647. The van der Waals surface area contributed by atoms with E-state index < -0.39 is 6.03 Å². The molecule has 0 spiro atoms. The minimum absolute atomic E-state index is 0.198. The van der Waals surface area contributed by atoms with Gasteiger partial charge in [0.05, 0.1) is 20.3 Å². The maximum absolute atomic E-state index is 11.4. The van der Waals surface area contributed by atoms with Crippen LogP contribution in [0.25, 0.3) is 0 Å². The van der Waals surface area contributed by atoms with E-state index in [0.717, 1.165) is 21.9 Å². The Balaban J connectivity index is 2.34. The number of hydrogen-bond acceptors (Lipinski definition) is 5. The van der Waals surface area contributed by atoms with E-state index in [1.54, 1.807) is 14.2 Å². The summed E-state index contributed by atoms with van der Waals surface area (Å²) in [6.07, 6.45) is 1.77. The molecule has 0 aliphatic heterocycles. The first kappa shape index (κ1) is 15.0. The molecule has 0 bridgehead atoms. The number of rotatable bonds is 5. The summed E-state index contributed by atoms with van der Waals surface area (Å²) in [5.41, 5.74) is 7.23. The molecule has 0 saturated carbocycles. The Morgan fingerprint density at radius 1 is 1.29 bits per heavy atom. The smallest absolute Gasteiger partial charge is 0.348 e. The first-order valence-corrected chi connectivity index (χ1v) is 6.54. The number of hydroxylamine groups is 2. The van der Waals surface area contributed by atoms with Crippen LogP contribution in [-0.2, 0) is 22.5 Å². The van der Waals surface area contributed by atoms with Gasteiger partial charge in [0.25, 0.3) is 0 Å². The first-order valence-electron chi connectivity index (χ1n) is 6.54. The third-order valence-electron chi connectivity index (χ3n) is 3.66. The van der Waals surface area contributed by atoms with Crippen LogP contribution in [0.1, 0.15) is 17.5 Å². The van der Waals surface area contributed by atoms with Crippen molar-refractivity contribution in [2.24, 2.45) is 5.73 Å². The van der Waals surface area contributed by atoms with Gasteiger partial charge in [-0.25, -0.2) is 4.79 Å². The van der Waals surface area contributed by atoms with Crippen molar-refractivity contribution in [3.05, 3.63) is 23.3 Å². The fourth-order valence-electron chi connectivity index (χ4n) is 2.74. The van der Waals surface area contributed by atoms with Crippen molar-refractivity contribution in [2.45, 2.75) is 25.3 Å². The van der Waals surface area contributed by atoms with Crippen molar-refractivity contribution in [3.8, 4) is 11.5 Å². The minimum Gasteiger partial charge on any atom is -0.496 e. The third-order valence-corrected chi connectivity index (χ3v) is 3.66. The summed E-state index contributed by atoms with van der Waals surface area (Å²) in [4.78, 5) is 26.6. The Morgan fingerprint density at radius 3 is 2.43 bits per heavy atom. The van der Waals surface area contributed by atoms with Crippen LogP contribution in [0.5, 0.6) is 11.5 Å². The van der Waals surface area contributed by atoms with Gasteiger partial charge in [-0.15, -0.1) is 0 Å². The van der Waals surface area contributed by atoms with Crippen LogP contribution < -0.4 is 15.2 Å². The van der Waals surface area contributed by atoms with Gasteiger partial charge in [0, 0.05) is 17.5 Å². The number of carbonyl (C=O) groups excluding carboxylic acids is 2. The van der Waals surface area contributed by atoms with Gasteiger partial charge >= 0.3 is 12.5 Å². The highest BCUT2D eigenvalue weighted by atomic mass is 16.7. The van der Waals surface area contributed by atoms with Gasteiger partial charge in [0.2, 0.25) is 0 Å². The second kappa shape index (κ2) is 6.34. The van der Waals surface area contributed by atoms with Gasteiger partial charge in [-0.1, -0.05) is 0 Å². The van der Waals surface area contributed by atoms with Crippen LogP contribution in [0, 0.1) is 0 Å². The molecule has 2 N–H and O–H groups in total. The lowest BCUT2D eigenvalue weighted by molar-refractivity contribution is -0.168. The summed E-state index contributed by atoms with van der Waals surface area (Å²) in [6.45, 7) is 0.198. The van der Waals surface area contributed by atoms with Crippen LogP contribution in [0.4, 0.5) is 4.79 Å².